The Balaban J connectivity index is -0.000000138. The predicted octanol–water partition coefficient (Wildman–Crippen LogP) is 1.99. The van der Waals surface area contributed by atoms with Gasteiger partial charge in [0.25, 0.3) is 0 Å². The third-order valence-electron chi connectivity index (χ3n) is 0.582. The molecule has 0 spiro atoms. The standard InChI is InChI=1S/C4H7NO2.2C2H6/c1-3(2-6)4(5)7;2*1-2/h2,6H,1H3,(H2,5,7);2*1-2H3/b3-2-;;. The highest BCUT2D eigenvalue weighted by atomic mass is 16.2. The van der Waals surface area contributed by atoms with Gasteiger partial charge in [0.15, 0.2) is 0 Å². The Morgan fingerprint density at radius 2 is 1.55 bits per heavy atom. The molecule has 0 saturated carbocycles. The van der Waals surface area contributed by atoms with Gasteiger partial charge in [-0.2, -0.15) is 0 Å². The maximum absolute atomic E-state index is 9.92. The van der Waals surface area contributed by atoms with Crippen LogP contribution in [0, 0.1) is 0 Å². The number of hydrogen-bond donors (Lipinski definition) is 2. The molecule has 0 aliphatic carbocycles. The van der Waals surface area contributed by atoms with E-state index in [1.54, 1.807) is 0 Å². The molecule has 68 valence electrons. The second-order valence-electron chi connectivity index (χ2n) is 1.18. The third-order valence-corrected chi connectivity index (χ3v) is 0.582. The van der Waals surface area contributed by atoms with Gasteiger partial charge in [0.05, 0.1) is 6.26 Å². The van der Waals surface area contributed by atoms with Crippen LogP contribution in [-0.2, 0) is 4.79 Å². The van der Waals surface area contributed by atoms with E-state index in [9.17, 15) is 4.79 Å². The molecule has 0 heterocycles. The zero-order valence-corrected chi connectivity index (χ0v) is 8.01. The Hall–Kier alpha value is -0.990. The van der Waals surface area contributed by atoms with Gasteiger partial charge in [0.1, 0.15) is 0 Å². The topological polar surface area (TPSA) is 63.3 Å². The summed E-state index contributed by atoms with van der Waals surface area (Å²) in [4.78, 5) is 9.92. The summed E-state index contributed by atoms with van der Waals surface area (Å²) >= 11 is 0. The summed E-state index contributed by atoms with van der Waals surface area (Å²) in [6.45, 7) is 9.43. The molecule has 0 aromatic heterocycles. The first-order valence-electron chi connectivity index (χ1n) is 3.79. The van der Waals surface area contributed by atoms with Crippen LogP contribution in [0.3, 0.4) is 0 Å². The van der Waals surface area contributed by atoms with Crippen molar-refractivity contribution >= 4 is 5.91 Å². The minimum atomic E-state index is -0.595. The Kier molecular flexibility index (Phi) is 24.1. The average molecular weight is 161 g/mol. The molecular weight excluding hydrogens is 142 g/mol. The van der Waals surface area contributed by atoms with E-state index in [2.05, 4.69) is 5.73 Å². The zero-order valence-electron chi connectivity index (χ0n) is 8.01. The van der Waals surface area contributed by atoms with Crippen molar-refractivity contribution in [2.45, 2.75) is 34.6 Å². The highest BCUT2D eigenvalue weighted by molar-refractivity contribution is 5.90. The summed E-state index contributed by atoms with van der Waals surface area (Å²) in [5.41, 5.74) is 4.85. The smallest absolute Gasteiger partial charge is 0.247 e. The molecule has 3 N–H and O–H groups in total. The van der Waals surface area contributed by atoms with E-state index in [4.69, 9.17) is 5.11 Å². The lowest BCUT2D eigenvalue weighted by Gasteiger charge is -1.84. The lowest BCUT2D eigenvalue weighted by Crippen LogP contribution is -2.11. The summed E-state index contributed by atoms with van der Waals surface area (Å²) in [5, 5.41) is 8.04. The summed E-state index contributed by atoms with van der Waals surface area (Å²) in [7, 11) is 0. The molecule has 0 saturated heterocycles. The molecular formula is C8H19NO2. The molecule has 3 heteroatoms. The number of carbonyl (C=O) groups excluding carboxylic acids is 1. The van der Waals surface area contributed by atoms with E-state index in [1.807, 2.05) is 27.7 Å². The van der Waals surface area contributed by atoms with Gasteiger partial charge in [-0.05, 0) is 6.92 Å². The van der Waals surface area contributed by atoms with Crippen LogP contribution in [0.5, 0.6) is 0 Å². The Morgan fingerprint density at radius 1 is 1.27 bits per heavy atom. The maximum atomic E-state index is 9.92. The number of nitrogens with two attached hydrogens (primary N) is 1. The van der Waals surface area contributed by atoms with E-state index in [1.165, 1.54) is 6.92 Å². The Labute approximate surface area is 68.9 Å². The number of primary amides is 1. The fraction of sp³-hybridized carbons (Fsp3) is 0.625. The first-order valence-corrected chi connectivity index (χ1v) is 3.79. The Bertz CT molecular complexity index is 109. The van der Waals surface area contributed by atoms with Gasteiger partial charge in [0, 0.05) is 5.57 Å². The minimum Gasteiger partial charge on any atom is -0.515 e. The molecule has 0 aliphatic heterocycles. The molecule has 1 amide bonds. The number of aliphatic hydroxyl groups is 1. The van der Waals surface area contributed by atoms with Crippen LogP contribution in [0.2, 0.25) is 0 Å². The quantitative estimate of drug-likeness (QED) is 0.456. The molecule has 0 unspecified atom stereocenters. The normalized spacial score (nSPS) is 8.27. The summed E-state index contributed by atoms with van der Waals surface area (Å²) in [6, 6.07) is 0. The van der Waals surface area contributed by atoms with E-state index in [-0.39, 0.29) is 5.57 Å². The summed E-state index contributed by atoms with van der Waals surface area (Å²) in [5.74, 6) is -0.595. The molecule has 3 nitrogen and oxygen atoms in total. The fourth-order valence-corrected chi connectivity index (χ4v) is 0.0636. The van der Waals surface area contributed by atoms with Gasteiger partial charge in [-0.3, -0.25) is 4.79 Å². The highest BCUT2D eigenvalue weighted by Crippen LogP contribution is 1.83. The number of carbonyl (C=O) groups is 1. The van der Waals surface area contributed by atoms with Crippen molar-refractivity contribution in [2.75, 3.05) is 0 Å². The van der Waals surface area contributed by atoms with E-state index < -0.39 is 5.91 Å². The van der Waals surface area contributed by atoms with Crippen LogP contribution in [-0.4, -0.2) is 11.0 Å². The first-order chi connectivity index (χ1) is 5.18. The second kappa shape index (κ2) is 16.0. The molecule has 0 aromatic rings. The molecule has 0 aromatic carbocycles. The molecule has 0 aliphatic rings. The van der Waals surface area contributed by atoms with Crippen LogP contribution in [0.15, 0.2) is 11.8 Å². The van der Waals surface area contributed by atoms with Crippen LogP contribution >= 0.6 is 0 Å². The lowest BCUT2D eigenvalue weighted by molar-refractivity contribution is -0.114. The average Bonchev–Trinajstić information content (AvgIpc) is 2.10. The van der Waals surface area contributed by atoms with E-state index in [0.29, 0.717) is 6.26 Å². The molecule has 11 heavy (non-hydrogen) atoms. The van der Waals surface area contributed by atoms with Crippen LogP contribution in [0.1, 0.15) is 34.6 Å². The largest absolute Gasteiger partial charge is 0.515 e. The van der Waals surface area contributed by atoms with Crippen molar-refractivity contribution in [3.63, 3.8) is 0 Å². The van der Waals surface area contributed by atoms with Crippen LogP contribution in [0.25, 0.3) is 0 Å². The third kappa shape index (κ3) is 17.6. The van der Waals surface area contributed by atoms with Crippen LogP contribution < -0.4 is 5.73 Å². The van der Waals surface area contributed by atoms with Crippen molar-refractivity contribution in [1.29, 1.82) is 0 Å². The van der Waals surface area contributed by atoms with Crippen molar-refractivity contribution < 1.29 is 9.90 Å². The van der Waals surface area contributed by atoms with Crippen molar-refractivity contribution in [2.24, 2.45) is 5.73 Å². The number of aliphatic hydroxyl groups excluding tert-OH is 1. The van der Waals surface area contributed by atoms with E-state index >= 15 is 0 Å². The molecule has 0 rings (SSSR count). The minimum absolute atomic E-state index is 0.167. The van der Waals surface area contributed by atoms with Crippen molar-refractivity contribution in [3.8, 4) is 0 Å². The number of rotatable bonds is 1. The summed E-state index contributed by atoms with van der Waals surface area (Å²) in [6.07, 6.45) is 0.683. The second-order valence-corrected chi connectivity index (χ2v) is 1.18. The maximum Gasteiger partial charge on any atom is 0.247 e. The molecule has 0 fully saturated rings. The number of amides is 1. The summed E-state index contributed by atoms with van der Waals surface area (Å²) < 4.78 is 0. The van der Waals surface area contributed by atoms with Gasteiger partial charge in [0.2, 0.25) is 5.91 Å². The zero-order chi connectivity index (χ0) is 9.86. The number of hydrogen-bond acceptors (Lipinski definition) is 2. The van der Waals surface area contributed by atoms with E-state index in [0.717, 1.165) is 0 Å². The van der Waals surface area contributed by atoms with Crippen molar-refractivity contribution in [1.82, 2.24) is 0 Å². The predicted molar refractivity (Wildman–Crippen MR) is 48.3 cm³/mol. The fourth-order valence-electron chi connectivity index (χ4n) is 0.0636. The van der Waals surface area contributed by atoms with Gasteiger partial charge in [-0.15, -0.1) is 0 Å². The molecule has 0 radical (unpaired) electrons. The molecule has 0 bridgehead atoms. The van der Waals surface area contributed by atoms with Crippen molar-refractivity contribution in [3.05, 3.63) is 11.8 Å². The van der Waals surface area contributed by atoms with Gasteiger partial charge >= 0.3 is 0 Å². The first kappa shape index (κ1) is 16.5. The monoisotopic (exact) mass is 161 g/mol. The van der Waals surface area contributed by atoms with Gasteiger partial charge < -0.3 is 10.8 Å². The van der Waals surface area contributed by atoms with Crippen LogP contribution in [0.4, 0.5) is 0 Å². The molecule has 0 atom stereocenters. The SMILES string of the molecule is C/C(=C/O)C(N)=O.CC.CC. The van der Waals surface area contributed by atoms with Gasteiger partial charge in [-0.25, -0.2) is 0 Å². The van der Waals surface area contributed by atoms with Gasteiger partial charge in [-0.1, -0.05) is 27.7 Å². The lowest BCUT2D eigenvalue weighted by atomic mass is 10.3. The highest BCUT2D eigenvalue weighted by Gasteiger charge is 1.92. The Morgan fingerprint density at radius 3 is 1.55 bits per heavy atom.